The third-order valence-corrected chi connectivity index (χ3v) is 4.13. The molecule has 1 heterocycles. The normalized spacial score (nSPS) is 16.3. The Bertz CT molecular complexity index is 433. The number of carbonyl (C=O) groups is 1. The number of likely N-dealkylation sites (tertiary alicyclic amines) is 1. The van der Waals surface area contributed by atoms with Gasteiger partial charge in [0.05, 0.1) is 11.8 Å². The molecule has 1 aromatic carbocycles. The zero-order valence-corrected chi connectivity index (χ0v) is 11.0. The molecule has 1 aliphatic rings. The molecule has 0 bridgehead atoms. The van der Waals surface area contributed by atoms with Crippen LogP contribution in [-0.4, -0.2) is 29.6 Å². The van der Waals surface area contributed by atoms with Crippen molar-refractivity contribution in [2.24, 2.45) is 5.92 Å². The predicted octanol–water partition coefficient (Wildman–Crippen LogP) is 2.54. The van der Waals surface area contributed by atoms with Gasteiger partial charge in [-0.25, -0.2) is 0 Å². The monoisotopic (exact) mass is 260 g/mol. The average molecular weight is 260 g/mol. The Hall–Kier alpha value is -1.47. The summed E-state index contributed by atoms with van der Waals surface area (Å²) in [6.45, 7) is 1.46. The Balaban J connectivity index is 1.78. The van der Waals surface area contributed by atoms with E-state index in [1.54, 1.807) is 11.8 Å². The van der Waals surface area contributed by atoms with Crippen LogP contribution in [0.3, 0.4) is 0 Å². The van der Waals surface area contributed by atoms with Crippen molar-refractivity contribution in [3.63, 3.8) is 0 Å². The number of hydrogen-bond donors (Lipinski definition) is 0. The quantitative estimate of drug-likeness (QED) is 0.784. The molecule has 3 nitrogen and oxygen atoms in total. The summed E-state index contributed by atoms with van der Waals surface area (Å²) in [6, 6.07) is 12.2. The summed E-state index contributed by atoms with van der Waals surface area (Å²) in [4.78, 5) is 15.0. The van der Waals surface area contributed by atoms with E-state index in [4.69, 9.17) is 5.26 Å². The van der Waals surface area contributed by atoms with Crippen LogP contribution in [0.25, 0.3) is 0 Å². The molecule has 1 fully saturated rings. The van der Waals surface area contributed by atoms with Gasteiger partial charge in [0, 0.05) is 23.9 Å². The molecule has 0 aromatic heterocycles. The van der Waals surface area contributed by atoms with E-state index in [1.807, 2.05) is 35.2 Å². The third-order valence-electron chi connectivity index (χ3n) is 3.14. The summed E-state index contributed by atoms with van der Waals surface area (Å²) in [5.41, 5.74) is 0. The second-order valence-electron chi connectivity index (χ2n) is 4.39. The molecule has 0 spiro atoms. The second kappa shape index (κ2) is 6.46. The van der Waals surface area contributed by atoms with Gasteiger partial charge in [-0.1, -0.05) is 18.2 Å². The molecule has 0 atom stereocenters. The van der Waals surface area contributed by atoms with Gasteiger partial charge >= 0.3 is 0 Å². The number of nitrogens with zero attached hydrogens (tertiary/aromatic N) is 2. The van der Waals surface area contributed by atoms with Gasteiger partial charge in [-0.3, -0.25) is 4.79 Å². The van der Waals surface area contributed by atoms with Crippen LogP contribution in [0, 0.1) is 17.2 Å². The largest absolute Gasteiger partial charge is 0.342 e. The average Bonchev–Trinajstić information content (AvgIpc) is 2.46. The Labute approximate surface area is 112 Å². The minimum atomic E-state index is 0.135. The molecular formula is C14H16N2OS. The highest BCUT2D eigenvalue weighted by Crippen LogP contribution is 2.20. The molecule has 0 unspecified atom stereocenters. The van der Waals surface area contributed by atoms with Crippen LogP contribution in [0.15, 0.2) is 35.2 Å². The molecule has 4 heteroatoms. The van der Waals surface area contributed by atoms with E-state index in [2.05, 4.69) is 6.07 Å². The summed E-state index contributed by atoms with van der Waals surface area (Å²) in [5.74, 6) is 0.803. The Morgan fingerprint density at radius 1 is 1.33 bits per heavy atom. The fraction of sp³-hybridized carbons (Fsp3) is 0.429. The fourth-order valence-electron chi connectivity index (χ4n) is 2.01. The van der Waals surface area contributed by atoms with Crippen LogP contribution in [-0.2, 0) is 4.79 Å². The number of nitriles is 1. The predicted molar refractivity (Wildman–Crippen MR) is 72.1 cm³/mol. The molecule has 18 heavy (non-hydrogen) atoms. The summed E-state index contributed by atoms with van der Waals surface area (Å²) >= 11 is 1.57. The zero-order valence-electron chi connectivity index (χ0n) is 10.2. The highest BCUT2D eigenvalue weighted by molar-refractivity contribution is 8.00. The van der Waals surface area contributed by atoms with Gasteiger partial charge < -0.3 is 4.90 Å². The number of thioether (sulfide) groups is 1. The maximum atomic E-state index is 12.0. The lowest BCUT2D eigenvalue weighted by Crippen LogP contribution is -2.39. The van der Waals surface area contributed by atoms with Gasteiger partial charge in [0.2, 0.25) is 5.91 Å². The number of carbonyl (C=O) groups excluding carboxylic acids is 1. The summed E-state index contributed by atoms with van der Waals surface area (Å²) in [7, 11) is 0. The molecule has 2 rings (SSSR count). The first-order valence-corrected chi connectivity index (χ1v) is 7.13. The number of rotatable bonds is 3. The Kier molecular flexibility index (Phi) is 4.66. The van der Waals surface area contributed by atoms with Crippen LogP contribution in [0.2, 0.25) is 0 Å². The van der Waals surface area contributed by atoms with E-state index in [-0.39, 0.29) is 11.8 Å². The Morgan fingerprint density at radius 3 is 2.61 bits per heavy atom. The van der Waals surface area contributed by atoms with Gasteiger partial charge in [0.1, 0.15) is 0 Å². The van der Waals surface area contributed by atoms with Crippen molar-refractivity contribution in [2.45, 2.75) is 17.7 Å². The molecule has 0 aliphatic carbocycles. The first-order valence-electron chi connectivity index (χ1n) is 6.15. The van der Waals surface area contributed by atoms with Crippen LogP contribution in [0.4, 0.5) is 0 Å². The van der Waals surface area contributed by atoms with Crippen molar-refractivity contribution < 1.29 is 4.79 Å². The van der Waals surface area contributed by atoms with Crippen LogP contribution >= 0.6 is 11.8 Å². The highest BCUT2D eigenvalue weighted by atomic mass is 32.2. The van der Waals surface area contributed by atoms with Gasteiger partial charge in [-0.2, -0.15) is 5.26 Å². The van der Waals surface area contributed by atoms with Gasteiger partial charge in [-0.15, -0.1) is 11.8 Å². The van der Waals surface area contributed by atoms with Gasteiger partial charge in [-0.05, 0) is 25.0 Å². The van der Waals surface area contributed by atoms with Crippen molar-refractivity contribution in [3.8, 4) is 6.07 Å². The van der Waals surface area contributed by atoms with E-state index in [0.717, 1.165) is 30.8 Å². The van der Waals surface area contributed by atoms with Crippen molar-refractivity contribution in [1.29, 1.82) is 5.26 Å². The first kappa shape index (κ1) is 13.0. The Morgan fingerprint density at radius 2 is 2.00 bits per heavy atom. The molecule has 0 saturated carbocycles. The smallest absolute Gasteiger partial charge is 0.232 e. The topological polar surface area (TPSA) is 44.1 Å². The highest BCUT2D eigenvalue weighted by Gasteiger charge is 2.22. The summed E-state index contributed by atoms with van der Waals surface area (Å²) in [5, 5.41) is 8.81. The summed E-state index contributed by atoms with van der Waals surface area (Å²) < 4.78 is 0. The molecule has 1 saturated heterocycles. The molecule has 94 valence electrons. The third kappa shape index (κ3) is 3.51. The van der Waals surface area contributed by atoms with Gasteiger partial charge in [0.25, 0.3) is 0 Å². The minimum absolute atomic E-state index is 0.135. The number of piperidine rings is 1. The minimum Gasteiger partial charge on any atom is -0.342 e. The van der Waals surface area contributed by atoms with Gasteiger partial charge in [0.15, 0.2) is 0 Å². The molecule has 0 radical (unpaired) electrons. The number of hydrogen-bond acceptors (Lipinski definition) is 3. The summed E-state index contributed by atoms with van der Waals surface area (Å²) in [6.07, 6.45) is 1.64. The van der Waals surface area contributed by atoms with E-state index in [9.17, 15) is 4.79 Å². The van der Waals surface area contributed by atoms with Crippen molar-refractivity contribution in [2.75, 3.05) is 18.8 Å². The lowest BCUT2D eigenvalue weighted by molar-refractivity contribution is -0.129. The zero-order chi connectivity index (χ0) is 12.8. The fourth-order valence-corrected chi connectivity index (χ4v) is 2.83. The first-order chi connectivity index (χ1) is 8.79. The number of benzene rings is 1. The second-order valence-corrected chi connectivity index (χ2v) is 5.43. The van der Waals surface area contributed by atoms with E-state index < -0.39 is 0 Å². The number of amides is 1. The maximum absolute atomic E-state index is 12.0. The molecule has 0 N–H and O–H groups in total. The molecule has 1 aromatic rings. The van der Waals surface area contributed by atoms with E-state index in [1.165, 1.54) is 0 Å². The SMILES string of the molecule is N#CC1CCN(C(=O)CSc2ccccc2)CC1. The lowest BCUT2D eigenvalue weighted by atomic mass is 9.99. The van der Waals surface area contributed by atoms with Crippen molar-refractivity contribution in [3.05, 3.63) is 30.3 Å². The van der Waals surface area contributed by atoms with E-state index >= 15 is 0 Å². The van der Waals surface area contributed by atoms with Crippen LogP contribution in [0.1, 0.15) is 12.8 Å². The molecule has 1 amide bonds. The lowest BCUT2D eigenvalue weighted by Gasteiger charge is -2.29. The van der Waals surface area contributed by atoms with E-state index in [0.29, 0.717) is 5.75 Å². The van der Waals surface area contributed by atoms with Crippen LogP contribution < -0.4 is 0 Å². The molecule has 1 aliphatic heterocycles. The maximum Gasteiger partial charge on any atom is 0.232 e. The molecular weight excluding hydrogens is 244 g/mol. The van der Waals surface area contributed by atoms with Crippen molar-refractivity contribution >= 4 is 17.7 Å². The standard InChI is InChI=1S/C14H16N2OS/c15-10-12-6-8-16(9-7-12)14(17)11-18-13-4-2-1-3-5-13/h1-5,12H,6-9,11H2. The van der Waals surface area contributed by atoms with Crippen molar-refractivity contribution in [1.82, 2.24) is 4.90 Å². The van der Waals surface area contributed by atoms with Crippen LogP contribution in [0.5, 0.6) is 0 Å².